The second kappa shape index (κ2) is 8.53. The third kappa shape index (κ3) is 3.82. The van der Waals surface area contributed by atoms with Gasteiger partial charge in [0.05, 0.1) is 5.92 Å². The Morgan fingerprint density at radius 3 is 2.61 bits per heavy atom. The van der Waals surface area contributed by atoms with E-state index >= 15 is 0 Å². The molecule has 0 bridgehead atoms. The standard InChI is InChI=1S/C25H29N3O3/c1-3-16(2)18-8-4-5-11-21(18)28-15-17(14-23(28)29)25(31)27-13-7-10-19-20(24(26)30)9-6-12-22(19)27/h4-6,8-9,11-12,16-17H,3,7,10,13-15H2,1-2H3,(H2,26,30). The average molecular weight is 420 g/mol. The summed E-state index contributed by atoms with van der Waals surface area (Å²) in [5, 5.41) is 0. The molecule has 4 rings (SSSR count). The van der Waals surface area contributed by atoms with E-state index in [9.17, 15) is 14.4 Å². The van der Waals surface area contributed by atoms with Crippen molar-refractivity contribution in [1.29, 1.82) is 0 Å². The summed E-state index contributed by atoms with van der Waals surface area (Å²) in [6.45, 7) is 5.26. The van der Waals surface area contributed by atoms with Crippen molar-refractivity contribution in [2.45, 2.75) is 45.4 Å². The van der Waals surface area contributed by atoms with Crippen molar-refractivity contribution in [2.75, 3.05) is 22.9 Å². The summed E-state index contributed by atoms with van der Waals surface area (Å²) in [5.74, 6) is -0.618. The Kier molecular flexibility index (Phi) is 5.81. The minimum absolute atomic E-state index is 0.0165. The lowest BCUT2D eigenvalue weighted by atomic mass is 9.94. The topological polar surface area (TPSA) is 83.7 Å². The number of fused-ring (bicyclic) bond motifs is 1. The molecule has 2 aliphatic rings. The zero-order valence-corrected chi connectivity index (χ0v) is 18.1. The molecule has 162 valence electrons. The maximum atomic E-state index is 13.5. The Morgan fingerprint density at radius 1 is 1.13 bits per heavy atom. The molecule has 1 saturated heterocycles. The first-order valence-electron chi connectivity index (χ1n) is 11.0. The van der Waals surface area contributed by atoms with E-state index in [2.05, 4.69) is 19.9 Å². The Bertz CT molecular complexity index is 1030. The first-order valence-corrected chi connectivity index (χ1v) is 11.0. The molecule has 2 atom stereocenters. The highest BCUT2D eigenvalue weighted by Crippen LogP contribution is 2.36. The number of rotatable bonds is 5. The van der Waals surface area contributed by atoms with Crippen molar-refractivity contribution < 1.29 is 14.4 Å². The molecule has 2 N–H and O–H groups in total. The van der Waals surface area contributed by atoms with Crippen LogP contribution in [0, 0.1) is 5.92 Å². The summed E-state index contributed by atoms with van der Waals surface area (Å²) >= 11 is 0. The summed E-state index contributed by atoms with van der Waals surface area (Å²) in [6.07, 6.45) is 2.67. The monoisotopic (exact) mass is 419 g/mol. The average Bonchev–Trinajstić information content (AvgIpc) is 3.18. The van der Waals surface area contributed by atoms with Gasteiger partial charge in [-0.15, -0.1) is 0 Å². The summed E-state index contributed by atoms with van der Waals surface area (Å²) in [7, 11) is 0. The number of primary amides is 1. The van der Waals surface area contributed by atoms with Crippen LogP contribution in [0.1, 0.15) is 60.5 Å². The molecule has 0 radical (unpaired) electrons. The van der Waals surface area contributed by atoms with Gasteiger partial charge >= 0.3 is 0 Å². The second-order valence-electron chi connectivity index (χ2n) is 8.53. The zero-order chi connectivity index (χ0) is 22.1. The lowest BCUT2D eigenvalue weighted by molar-refractivity contribution is -0.124. The van der Waals surface area contributed by atoms with Gasteiger partial charge in [0, 0.05) is 36.4 Å². The van der Waals surface area contributed by atoms with Crippen molar-refractivity contribution in [3.8, 4) is 0 Å². The number of carbonyl (C=O) groups is 3. The van der Waals surface area contributed by atoms with Gasteiger partial charge in [-0.3, -0.25) is 14.4 Å². The Morgan fingerprint density at radius 2 is 1.87 bits per heavy atom. The molecule has 0 aliphatic carbocycles. The first kappa shape index (κ1) is 21.1. The van der Waals surface area contributed by atoms with E-state index in [0.717, 1.165) is 41.8 Å². The number of hydrogen-bond acceptors (Lipinski definition) is 3. The van der Waals surface area contributed by atoms with E-state index in [1.807, 2.05) is 24.3 Å². The van der Waals surface area contributed by atoms with Crippen LogP contribution in [0.3, 0.4) is 0 Å². The van der Waals surface area contributed by atoms with Gasteiger partial charge in [0.15, 0.2) is 0 Å². The number of hydrogen-bond donors (Lipinski definition) is 1. The van der Waals surface area contributed by atoms with Gasteiger partial charge in [0.2, 0.25) is 17.7 Å². The van der Waals surface area contributed by atoms with E-state index in [-0.39, 0.29) is 18.2 Å². The number of para-hydroxylation sites is 1. The minimum atomic E-state index is -0.477. The number of benzene rings is 2. The fraction of sp³-hybridized carbons (Fsp3) is 0.400. The van der Waals surface area contributed by atoms with Crippen LogP contribution in [-0.4, -0.2) is 30.8 Å². The predicted octanol–water partition coefficient (Wildman–Crippen LogP) is 3.63. The maximum Gasteiger partial charge on any atom is 0.249 e. The van der Waals surface area contributed by atoms with Crippen LogP contribution in [0.4, 0.5) is 11.4 Å². The van der Waals surface area contributed by atoms with Crippen LogP contribution in [0.5, 0.6) is 0 Å². The number of nitrogens with two attached hydrogens (primary N) is 1. The van der Waals surface area contributed by atoms with E-state index in [0.29, 0.717) is 24.6 Å². The smallest absolute Gasteiger partial charge is 0.249 e. The highest BCUT2D eigenvalue weighted by atomic mass is 16.2. The van der Waals surface area contributed by atoms with Crippen LogP contribution < -0.4 is 15.5 Å². The van der Waals surface area contributed by atoms with Gasteiger partial charge in [0.25, 0.3) is 0 Å². The summed E-state index contributed by atoms with van der Waals surface area (Å²) in [4.78, 5) is 41.7. The van der Waals surface area contributed by atoms with Gasteiger partial charge in [-0.2, -0.15) is 0 Å². The van der Waals surface area contributed by atoms with Crippen molar-refractivity contribution >= 4 is 29.1 Å². The summed E-state index contributed by atoms with van der Waals surface area (Å²) < 4.78 is 0. The SMILES string of the molecule is CCC(C)c1ccccc1N1CC(C(=O)N2CCCc3c(C(N)=O)cccc32)CC1=O. The highest BCUT2D eigenvalue weighted by molar-refractivity contribution is 6.06. The van der Waals surface area contributed by atoms with Crippen LogP contribution in [-0.2, 0) is 16.0 Å². The van der Waals surface area contributed by atoms with Crippen LogP contribution >= 0.6 is 0 Å². The van der Waals surface area contributed by atoms with E-state index in [1.165, 1.54) is 0 Å². The normalized spacial score (nSPS) is 19.3. The number of anilines is 2. The Balaban J connectivity index is 1.60. The first-order chi connectivity index (χ1) is 14.9. The number of amides is 3. The summed E-state index contributed by atoms with van der Waals surface area (Å²) in [5.41, 5.74) is 9.64. The van der Waals surface area contributed by atoms with Crippen LogP contribution in [0.15, 0.2) is 42.5 Å². The maximum absolute atomic E-state index is 13.5. The summed E-state index contributed by atoms with van der Waals surface area (Å²) in [6, 6.07) is 13.3. The third-order valence-electron chi connectivity index (χ3n) is 6.63. The molecule has 0 spiro atoms. The molecule has 0 saturated carbocycles. The lowest BCUT2D eigenvalue weighted by Crippen LogP contribution is -2.41. The van der Waals surface area contributed by atoms with Crippen LogP contribution in [0.25, 0.3) is 0 Å². The Hall–Kier alpha value is -3.15. The van der Waals surface area contributed by atoms with Crippen molar-refractivity contribution in [1.82, 2.24) is 0 Å². The van der Waals surface area contributed by atoms with Gasteiger partial charge in [-0.05, 0) is 54.5 Å². The second-order valence-corrected chi connectivity index (χ2v) is 8.53. The van der Waals surface area contributed by atoms with Crippen molar-refractivity contribution in [3.63, 3.8) is 0 Å². The van der Waals surface area contributed by atoms with Crippen LogP contribution in [0.2, 0.25) is 0 Å². The molecule has 6 heteroatoms. The van der Waals surface area contributed by atoms with Crippen molar-refractivity contribution in [2.24, 2.45) is 11.7 Å². The quantitative estimate of drug-likeness (QED) is 0.803. The van der Waals surface area contributed by atoms with E-state index < -0.39 is 11.8 Å². The molecule has 0 aromatic heterocycles. The fourth-order valence-corrected chi connectivity index (χ4v) is 4.78. The van der Waals surface area contributed by atoms with Crippen molar-refractivity contribution in [3.05, 3.63) is 59.2 Å². The van der Waals surface area contributed by atoms with Gasteiger partial charge in [0.1, 0.15) is 0 Å². The van der Waals surface area contributed by atoms with E-state index in [1.54, 1.807) is 21.9 Å². The largest absolute Gasteiger partial charge is 0.366 e. The molecule has 2 heterocycles. The van der Waals surface area contributed by atoms with Gasteiger partial charge < -0.3 is 15.5 Å². The van der Waals surface area contributed by atoms with Gasteiger partial charge in [-0.1, -0.05) is 38.1 Å². The molecule has 2 aromatic rings. The minimum Gasteiger partial charge on any atom is -0.366 e. The zero-order valence-electron chi connectivity index (χ0n) is 18.1. The molecule has 3 amide bonds. The number of nitrogens with zero attached hydrogens (tertiary/aromatic N) is 2. The number of carbonyl (C=O) groups excluding carboxylic acids is 3. The molecule has 1 fully saturated rings. The molecular weight excluding hydrogens is 390 g/mol. The fourth-order valence-electron chi connectivity index (χ4n) is 4.78. The van der Waals surface area contributed by atoms with Gasteiger partial charge in [-0.25, -0.2) is 0 Å². The highest BCUT2D eigenvalue weighted by Gasteiger charge is 2.39. The molecule has 2 unspecified atom stereocenters. The lowest BCUT2D eigenvalue weighted by Gasteiger charge is -2.32. The third-order valence-corrected chi connectivity index (χ3v) is 6.63. The molecule has 2 aromatic carbocycles. The Labute approximate surface area is 183 Å². The molecule has 6 nitrogen and oxygen atoms in total. The predicted molar refractivity (Wildman–Crippen MR) is 121 cm³/mol. The molecule has 31 heavy (non-hydrogen) atoms. The molecular formula is C25H29N3O3. The molecule has 2 aliphatic heterocycles. The van der Waals surface area contributed by atoms with E-state index in [4.69, 9.17) is 5.73 Å².